The fourth-order valence-corrected chi connectivity index (χ4v) is 1.59. The smallest absolute Gasteiger partial charge is 0.331 e. The number of nitrogens with one attached hydrogen (secondary N) is 1. The van der Waals surface area contributed by atoms with Crippen molar-refractivity contribution >= 4 is 33.5 Å². The second kappa shape index (κ2) is 5.77. The zero-order chi connectivity index (χ0) is 13.9. The van der Waals surface area contributed by atoms with E-state index in [1.54, 1.807) is 0 Å². The van der Waals surface area contributed by atoms with Crippen molar-refractivity contribution in [3.8, 4) is 0 Å². The third kappa shape index (κ3) is 3.40. The Morgan fingerprint density at radius 1 is 1.28 bits per heavy atom. The minimum absolute atomic E-state index is 0.0364. The Morgan fingerprint density at radius 3 is 2.39 bits per heavy atom. The van der Waals surface area contributed by atoms with Gasteiger partial charge < -0.3 is 10.4 Å². The van der Waals surface area contributed by atoms with Crippen LogP contribution < -0.4 is 5.32 Å². The summed E-state index contributed by atoms with van der Waals surface area (Å²) in [6, 6.07) is 3.79. The molecule has 0 heterocycles. The molecule has 0 aliphatic heterocycles. The van der Waals surface area contributed by atoms with Crippen LogP contribution in [0.5, 0.6) is 0 Å². The zero-order valence-electron chi connectivity index (χ0n) is 9.75. The van der Waals surface area contributed by atoms with Gasteiger partial charge >= 0.3 is 5.97 Å². The van der Waals surface area contributed by atoms with Crippen molar-refractivity contribution in [3.05, 3.63) is 39.6 Å². The van der Waals surface area contributed by atoms with E-state index in [1.165, 1.54) is 32.0 Å². The van der Waals surface area contributed by atoms with Gasteiger partial charge in [0, 0.05) is 15.6 Å². The molecule has 0 spiro atoms. The molecule has 1 aromatic carbocycles. The molecule has 0 aromatic heterocycles. The van der Waals surface area contributed by atoms with Crippen LogP contribution in [0.25, 0.3) is 0 Å². The number of rotatable bonds is 3. The van der Waals surface area contributed by atoms with Crippen molar-refractivity contribution < 1.29 is 19.1 Å². The maximum atomic E-state index is 12.8. The number of carboxylic acids is 1. The normalized spacial score (nSPS) is 11.8. The van der Waals surface area contributed by atoms with Gasteiger partial charge in [0.2, 0.25) is 0 Å². The van der Waals surface area contributed by atoms with Crippen molar-refractivity contribution in [1.29, 1.82) is 0 Å². The predicted molar refractivity (Wildman–Crippen MR) is 68.7 cm³/mol. The maximum Gasteiger partial charge on any atom is 0.331 e. The highest BCUT2D eigenvalue weighted by Gasteiger charge is 2.13. The van der Waals surface area contributed by atoms with E-state index in [0.717, 1.165) is 0 Å². The van der Waals surface area contributed by atoms with E-state index >= 15 is 0 Å². The summed E-state index contributed by atoms with van der Waals surface area (Å²) >= 11 is 3.10. The van der Waals surface area contributed by atoms with E-state index < -0.39 is 17.7 Å². The molecule has 0 fully saturated rings. The minimum Gasteiger partial charge on any atom is -0.478 e. The number of carbonyl (C=O) groups is 2. The van der Waals surface area contributed by atoms with Crippen LogP contribution >= 0.6 is 15.9 Å². The Kier molecular flexibility index (Phi) is 4.61. The summed E-state index contributed by atoms with van der Waals surface area (Å²) in [6.07, 6.45) is 0. The SMILES string of the molecule is CC(C(=O)O)=C(C)C(=O)Nc1ccc(F)cc1Br. The first-order valence-corrected chi connectivity index (χ1v) is 5.79. The lowest BCUT2D eigenvalue weighted by Gasteiger charge is -2.08. The van der Waals surface area contributed by atoms with Gasteiger partial charge in [0.05, 0.1) is 5.69 Å². The first-order chi connectivity index (χ1) is 8.32. The van der Waals surface area contributed by atoms with Gasteiger partial charge in [0.1, 0.15) is 5.82 Å². The lowest BCUT2D eigenvalue weighted by atomic mass is 10.1. The molecule has 1 amide bonds. The average molecular weight is 316 g/mol. The number of carbonyl (C=O) groups excluding carboxylic acids is 1. The van der Waals surface area contributed by atoms with Gasteiger partial charge in [-0.25, -0.2) is 9.18 Å². The molecular formula is C12H11BrFNO3. The van der Waals surface area contributed by atoms with Crippen LogP contribution in [0.2, 0.25) is 0 Å². The van der Waals surface area contributed by atoms with Gasteiger partial charge in [-0.1, -0.05) is 0 Å². The Labute approximate surface area is 112 Å². The standard InChI is InChI=1S/C12H11BrFNO3/c1-6(7(2)12(17)18)11(16)15-10-4-3-8(14)5-9(10)13/h3-5H,1-2H3,(H,15,16)(H,17,18). The number of aliphatic carboxylic acids is 1. The van der Waals surface area contributed by atoms with E-state index in [1.807, 2.05) is 0 Å². The predicted octanol–water partition coefficient (Wildman–Crippen LogP) is 2.95. The quantitative estimate of drug-likeness (QED) is 0.843. The van der Waals surface area contributed by atoms with E-state index in [0.29, 0.717) is 10.2 Å². The molecule has 0 atom stereocenters. The van der Waals surface area contributed by atoms with Gasteiger partial charge in [-0.05, 0) is 48.0 Å². The number of halogens is 2. The summed E-state index contributed by atoms with van der Waals surface area (Å²) in [5.41, 5.74) is 0.434. The van der Waals surface area contributed by atoms with Crippen LogP contribution in [0.3, 0.4) is 0 Å². The molecule has 4 nitrogen and oxygen atoms in total. The molecule has 1 rings (SSSR count). The van der Waals surface area contributed by atoms with Crippen LogP contribution in [0.1, 0.15) is 13.8 Å². The highest BCUT2D eigenvalue weighted by Crippen LogP contribution is 2.23. The van der Waals surface area contributed by atoms with Gasteiger partial charge in [-0.2, -0.15) is 0 Å². The molecule has 0 saturated heterocycles. The number of anilines is 1. The zero-order valence-corrected chi connectivity index (χ0v) is 11.3. The Morgan fingerprint density at radius 2 is 1.89 bits per heavy atom. The van der Waals surface area contributed by atoms with Crippen LogP contribution in [-0.4, -0.2) is 17.0 Å². The third-order valence-corrected chi connectivity index (χ3v) is 3.06. The van der Waals surface area contributed by atoms with Crippen LogP contribution in [0.15, 0.2) is 33.8 Å². The van der Waals surface area contributed by atoms with Crippen LogP contribution in [0, 0.1) is 5.82 Å². The van der Waals surface area contributed by atoms with Gasteiger partial charge in [-0.3, -0.25) is 4.79 Å². The Bertz CT molecular complexity index is 540. The van der Waals surface area contributed by atoms with Crippen molar-refractivity contribution in [2.24, 2.45) is 0 Å². The Balaban J connectivity index is 2.95. The number of benzene rings is 1. The molecule has 1 aromatic rings. The van der Waals surface area contributed by atoms with E-state index in [-0.39, 0.29) is 11.1 Å². The monoisotopic (exact) mass is 315 g/mol. The fraction of sp³-hybridized carbons (Fsp3) is 0.167. The van der Waals surface area contributed by atoms with Crippen molar-refractivity contribution in [1.82, 2.24) is 0 Å². The maximum absolute atomic E-state index is 12.8. The molecule has 0 bridgehead atoms. The van der Waals surface area contributed by atoms with Crippen LogP contribution in [0.4, 0.5) is 10.1 Å². The summed E-state index contributed by atoms with van der Waals surface area (Å²) in [6.45, 7) is 2.76. The summed E-state index contributed by atoms with van der Waals surface area (Å²) in [7, 11) is 0. The molecule has 0 radical (unpaired) electrons. The first-order valence-electron chi connectivity index (χ1n) is 5.00. The lowest BCUT2D eigenvalue weighted by Crippen LogP contribution is -2.16. The van der Waals surface area contributed by atoms with Gasteiger partial charge in [0.15, 0.2) is 0 Å². The molecule has 6 heteroatoms. The van der Waals surface area contributed by atoms with E-state index in [4.69, 9.17) is 5.11 Å². The Hall–Kier alpha value is -1.69. The van der Waals surface area contributed by atoms with E-state index in [2.05, 4.69) is 21.2 Å². The highest BCUT2D eigenvalue weighted by atomic mass is 79.9. The van der Waals surface area contributed by atoms with Crippen molar-refractivity contribution in [2.75, 3.05) is 5.32 Å². The summed E-state index contributed by atoms with van der Waals surface area (Å²) in [5, 5.41) is 11.3. The molecule has 0 unspecified atom stereocenters. The molecule has 18 heavy (non-hydrogen) atoms. The topological polar surface area (TPSA) is 66.4 Å². The number of amides is 1. The number of hydrogen-bond acceptors (Lipinski definition) is 2. The molecule has 0 aliphatic carbocycles. The van der Waals surface area contributed by atoms with Crippen molar-refractivity contribution in [3.63, 3.8) is 0 Å². The van der Waals surface area contributed by atoms with Gasteiger partial charge in [-0.15, -0.1) is 0 Å². The first kappa shape index (κ1) is 14.4. The minimum atomic E-state index is -1.15. The third-order valence-electron chi connectivity index (χ3n) is 2.40. The number of carboxylic acid groups (broad SMARTS) is 1. The molecular weight excluding hydrogens is 305 g/mol. The summed E-state index contributed by atoms with van der Waals surface area (Å²) in [4.78, 5) is 22.5. The summed E-state index contributed by atoms with van der Waals surface area (Å²) < 4.78 is 13.2. The van der Waals surface area contributed by atoms with Gasteiger partial charge in [0.25, 0.3) is 5.91 Å². The molecule has 96 valence electrons. The fourth-order valence-electron chi connectivity index (χ4n) is 1.14. The molecule has 2 N–H and O–H groups in total. The summed E-state index contributed by atoms with van der Waals surface area (Å²) in [5.74, 6) is -2.13. The number of hydrogen-bond donors (Lipinski definition) is 2. The largest absolute Gasteiger partial charge is 0.478 e. The van der Waals surface area contributed by atoms with E-state index in [9.17, 15) is 14.0 Å². The second-order valence-corrected chi connectivity index (χ2v) is 4.49. The second-order valence-electron chi connectivity index (χ2n) is 3.63. The average Bonchev–Trinajstić information content (AvgIpc) is 2.30. The molecule has 0 aliphatic rings. The lowest BCUT2D eigenvalue weighted by molar-refractivity contribution is -0.133. The highest BCUT2D eigenvalue weighted by molar-refractivity contribution is 9.10. The molecule has 0 saturated carbocycles. The van der Waals surface area contributed by atoms with Crippen molar-refractivity contribution in [2.45, 2.75) is 13.8 Å². The van der Waals surface area contributed by atoms with Crippen LogP contribution in [-0.2, 0) is 9.59 Å².